The molecule has 0 bridgehead atoms. The van der Waals surface area contributed by atoms with Gasteiger partial charge in [-0.15, -0.1) is 0 Å². The number of pyridine rings is 1. The molecule has 0 radical (unpaired) electrons. The van der Waals surface area contributed by atoms with Crippen molar-refractivity contribution in [3.05, 3.63) is 57.8 Å². The number of amides is 1. The average Bonchev–Trinajstić information content (AvgIpc) is 2.38. The van der Waals surface area contributed by atoms with E-state index >= 15 is 0 Å². The molecular formula is C14H10BrF3N2O. The maximum absolute atomic E-state index is 12.4. The molecule has 1 aromatic carbocycles. The summed E-state index contributed by atoms with van der Waals surface area (Å²) in [6.45, 7) is 1.88. The van der Waals surface area contributed by atoms with Crippen LogP contribution in [0.1, 0.15) is 21.6 Å². The van der Waals surface area contributed by atoms with E-state index in [0.717, 1.165) is 23.9 Å². The van der Waals surface area contributed by atoms with Crippen LogP contribution in [0, 0.1) is 6.92 Å². The molecular weight excluding hydrogens is 349 g/mol. The number of nitrogens with one attached hydrogen (secondary N) is 1. The highest BCUT2D eigenvalue weighted by Crippen LogP contribution is 2.28. The third kappa shape index (κ3) is 3.81. The van der Waals surface area contributed by atoms with Crippen LogP contribution < -0.4 is 5.32 Å². The number of carbonyl (C=O) groups is 1. The van der Waals surface area contributed by atoms with Gasteiger partial charge in [0.1, 0.15) is 5.69 Å². The molecule has 2 rings (SSSR count). The lowest BCUT2D eigenvalue weighted by molar-refractivity contribution is -0.141. The SMILES string of the molecule is Cc1ccc(C(=O)Nc2ccc(C(F)(F)F)nc2)c(Br)c1. The summed E-state index contributed by atoms with van der Waals surface area (Å²) < 4.78 is 37.8. The van der Waals surface area contributed by atoms with Crippen molar-refractivity contribution in [1.29, 1.82) is 0 Å². The van der Waals surface area contributed by atoms with Gasteiger partial charge < -0.3 is 5.32 Å². The highest BCUT2D eigenvalue weighted by Gasteiger charge is 2.32. The lowest BCUT2D eigenvalue weighted by Gasteiger charge is -2.09. The second-order valence-electron chi connectivity index (χ2n) is 4.37. The van der Waals surface area contributed by atoms with E-state index in [9.17, 15) is 18.0 Å². The number of rotatable bonds is 2. The molecule has 0 spiro atoms. The average molecular weight is 359 g/mol. The second-order valence-corrected chi connectivity index (χ2v) is 5.22. The van der Waals surface area contributed by atoms with Gasteiger partial charge in [0.25, 0.3) is 5.91 Å². The molecule has 1 N–H and O–H groups in total. The monoisotopic (exact) mass is 358 g/mol. The number of carbonyl (C=O) groups excluding carboxylic acids is 1. The Bertz CT molecular complexity index is 669. The number of benzene rings is 1. The Balaban J connectivity index is 2.16. The van der Waals surface area contributed by atoms with Crippen molar-refractivity contribution in [2.75, 3.05) is 5.32 Å². The van der Waals surface area contributed by atoms with Crippen LogP contribution in [-0.2, 0) is 6.18 Å². The quantitative estimate of drug-likeness (QED) is 0.862. The first-order valence-corrected chi connectivity index (χ1v) is 6.67. The molecule has 1 heterocycles. The number of nitrogens with zero attached hydrogens (tertiary/aromatic N) is 1. The minimum atomic E-state index is -4.50. The fourth-order valence-corrected chi connectivity index (χ4v) is 2.31. The maximum Gasteiger partial charge on any atom is 0.433 e. The van der Waals surface area contributed by atoms with E-state index in [1.807, 2.05) is 6.92 Å². The molecule has 0 aliphatic heterocycles. The largest absolute Gasteiger partial charge is 0.433 e. The Morgan fingerprint density at radius 2 is 1.95 bits per heavy atom. The molecule has 1 amide bonds. The Morgan fingerprint density at radius 1 is 1.24 bits per heavy atom. The van der Waals surface area contributed by atoms with Gasteiger partial charge in [0, 0.05) is 4.47 Å². The van der Waals surface area contributed by atoms with E-state index in [4.69, 9.17) is 0 Å². The fraction of sp³-hybridized carbons (Fsp3) is 0.143. The van der Waals surface area contributed by atoms with Gasteiger partial charge in [-0.3, -0.25) is 4.79 Å². The van der Waals surface area contributed by atoms with Crippen molar-refractivity contribution in [2.24, 2.45) is 0 Å². The highest BCUT2D eigenvalue weighted by molar-refractivity contribution is 9.10. The van der Waals surface area contributed by atoms with Crippen LogP contribution in [0.2, 0.25) is 0 Å². The molecule has 0 saturated carbocycles. The standard InChI is InChI=1S/C14H10BrF3N2O/c1-8-2-4-10(11(15)6-8)13(21)20-9-3-5-12(19-7-9)14(16,17)18/h2-7H,1H3,(H,20,21). The van der Waals surface area contributed by atoms with Gasteiger partial charge in [-0.1, -0.05) is 6.07 Å². The summed E-state index contributed by atoms with van der Waals surface area (Å²) in [5, 5.41) is 2.50. The predicted molar refractivity (Wildman–Crippen MR) is 76.1 cm³/mol. The van der Waals surface area contributed by atoms with E-state index in [0.29, 0.717) is 10.0 Å². The molecule has 110 valence electrons. The van der Waals surface area contributed by atoms with E-state index in [-0.39, 0.29) is 5.69 Å². The Kier molecular flexibility index (Phi) is 4.32. The van der Waals surface area contributed by atoms with Crippen molar-refractivity contribution in [1.82, 2.24) is 4.98 Å². The summed E-state index contributed by atoms with van der Waals surface area (Å²) in [4.78, 5) is 15.3. The summed E-state index contributed by atoms with van der Waals surface area (Å²) in [7, 11) is 0. The number of hydrogen-bond donors (Lipinski definition) is 1. The minimum Gasteiger partial charge on any atom is -0.321 e. The van der Waals surface area contributed by atoms with Gasteiger partial charge in [0.2, 0.25) is 0 Å². The fourth-order valence-electron chi connectivity index (χ4n) is 1.64. The molecule has 0 aliphatic rings. The van der Waals surface area contributed by atoms with Crippen LogP contribution in [0.5, 0.6) is 0 Å². The van der Waals surface area contributed by atoms with Crippen LogP contribution in [0.15, 0.2) is 41.0 Å². The lowest BCUT2D eigenvalue weighted by Crippen LogP contribution is -2.14. The molecule has 0 saturated heterocycles. The Hall–Kier alpha value is -1.89. The van der Waals surface area contributed by atoms with Gasteiger partial charge >= 0.3 is 6.18 Å². The van der Waals surface area contributed by atoms with Crippen molar-refractivity contribution in [3.63, 3.8) is 0 Å². The number of hydrogen-bond acceptors (Lipinski definition) is 2. The number of aryl methyl sites for hydroxylation is 1. The second kappa shape index (κ2) is 5.85. The number of alkyl halides is 3. The van der Waals surface area contributed by atoms with Crippen molar-refractivity contribution >= 4 is 27.5 Å². The van der Waals surface area contributed by atoms with Gasteiger partial charge in [-0.2, -0.15) is 13.2 Å². The highest BCUT2D eigenvalue weighted by atomic mass is 79.9. The third-order valence-corrected chi connectivity index (χ3v) is 3.34. The zero-order valence-electron chi connectivity index (χ0n) is 10.8. The minimum absolute atomic E-state index is 0.195. The van der Waals surface area contributed by atoms with Gasteiger partial charge in [0.15, 0.2) is 0 Å². The molecule has 0 unspecified atom stereocenters. The van der Waals surface area contributed by atoms with Crippen LogP contribution in [-0.4, -0.2) is 10.9 Å². The zero-order valence-corrected chi connectivity index (χ0v) is 12.4. The maximum atomic E-state index is 12.4. The van der Waals surface area contributed by atoms with Crippen LogP contribution in [0.3, 0.4) is 0 Å². The molecule has 3 nitrogen and oxygen atoms in total. The molecule has 0 fully saturated rings. The van der Waals surface area contributed by atoms with Crippen LogP contribution in [0.25, 0.3) is 0 Å². The smallest absolute Gasteiger partial charge is 0.321 e. The summed E-state index contributed by atoms with van der Waals surface area (Å²) in [6, 6.07) is 7.16. The summed E-state index contributed by atoms with van der Waals surface area (Å²) in [5.41, 5.74) is 0.563. The van der Waals surface area contributed by atoms with E-state index in [2.05, 4.69) is 26.2 Å². The van der Waals surface area contributed by atoms with Crippen molar-refractivity contribution in [3.8, 4) is 0 Å². The van der Waals surface area contributed by atoms with Gasteiger partial charge in [-0.25, -0.2) is 4.98 Å². The number of anilines is 1. The summed E-state index contributed by atoms with van der Waals surface area (Å²) >= 11 is 3.27. The van der Waals surface area contributed by atoms with E-state index < -0.39 is 17.8 Å². The Morgan fingerprint density at radius 3 is 2.48 bits per heavy atom. The van der Waals surface area contributed by atoms with Gasteiger partial charge in [-0.05, 0) is 52.7 Å². The Labute approximate surface area is 127 Å². The first-order chi connectivity index (χ1) is 9.77. The van der Waals surface area contributed by atoms with E-state index in [1.165, 1.54) is 0 Å². The van der Waals surface area contributed by atoms with Crippen molar-refractivity contribution < 1.29 is 18.0 Å². The lowest BCUT2D eigenvalue weighted by atomic mass is 10.1. The zero-order chi connectivity index (χ0) is 15.6. The first kappa shape index (κ1) is 15.5. The van der Waals surface area contributed by atoms with Crippen LogP contribution >= 0.6 is 15.9 Å². The van der Waals surface area contributed by atoms with Crippen LogP contribution in [0.4, 0.5) is 18.9 Å². The summed E-state index contributed by atoms with van der Waals surface area (Å²) in [6.07, 6.45) is -3.52. The molecule has 1 aromatic heterocycles. The third-order valence-electron chi connectivity index (χ3n) is 2.68. The number of aromatic nitrogens is 1. The van der Waals surface area contributed by atoms with Crippen molar-refractivity contribution in [2.45, 2.75) is 13.1 Å². The van der Waals surface area contributed by atoms with Gasteiger partial charge in [0.05, 0.1) is 17.4 Å². The molecule has 21 heavy (non-hydrogen) atoms. The molecule has 0 aliphatic carbocycles. The first-order valence-electron chi connectivity index (χ1n) is 5.88. The normalized spacial score (nSPS) is 11.3. The molecule has 7 heteroatoms. The van der Waals surface area contributed by atoms with E-state index in [1.54, 1.807) is 18.2 Å². The summed E-state index contributed by atoms with van der Waals surface area (Å²) in [5.74, 6) is -0.427. The molecule has 2 aromatic rings. The number of halogens is 4. The predicted octanol–water partition coefficient (Wildman–Crippen LogP) is 4.42. The molecule has 0 atom stereocenters. The topological polar surface area (TPSA) is 42.0 Å².